The van der Waals surface area contributed by atoms with Crippen molar-refractivity contribution in [1.82, 2.24) is 0 Å². The largest absolute Gasteiger partial charge is 0.392 e. The summed E-state index contributed by atoms with van der Waals surface area (Å²) >= 11 is 0. The number of hydrogen-bond acceptors (Lipinski definition) is 5. The lowest BCUT2D eigenvalue weighted by Gasteiger charge is -2.37. The first kappa shape index (κ1) is 15.9. The molecule has 5 heteroatoms. The van der Waals surface area contributed by atoms with Gasteiger partial charge in [-0.05, 0) is 26.0 Å². The quantitative estimate of drug-likeness (QED) is 0.660. The fourth-order valence-electron chi connectivity index (χ4n) is 1.94. The first-order valence-corrected chi connectivity index (χ1v) is 6.56. The van der Waals surface area contributed by atoms with E-state index in [2.05, 4.69) is 0 Å². The monoisotopic (exact) mass is 269 g/mol. The average Bonchev–Trinajstić information content (AvgIpc) is 2.46. The van der Waals surface area contributed by atoms with Gasteiger partial charge in [-0.2, -0.15) is 0 Å². The SMILES string of the molecule is CCOC(CO)N(c1ccccc1)C(CO)OCC. The molecule has 5 nitrogen and oxygen atoms in total. The highest BCUT2D eigenvalue weighted by atomic mass is 16.5. The zero-order valence-electron chi connectivity index (χ0n) is 11.5. The van der Waals surface area contributed by atoms with Crippen LogP contribution in [0.25, 0.3) is 0 Å². The summed E-state index contributed by atoms with van der Waals surface area (Å²) in [5.41, 5.74) is 0.836. The summed E-state index contributed by atoms with van der Waals surface area (Å²) in [4.78, 5) is 1.76. The predicted octanol–water partition coefficient (Wildman–Crippen LogP) is 1.20. The van der Waals surface area contributed by atoms with Crippen LogP contribution in [0, 0.1) is 0 Å². The van der Waals surface area contributed by atoms with Crippen LogP contribution in [0.2, 0.25) is 0 Å². The van der Waals surface area contributed by atoms with Crippen LogP contribution in [0.1, 0.15) is 13.8 Å². The molecule has 0 amide bonds. The Morgan fingerprint density at radius 2 is 1.42 bits per heavy atom. The van der Waals surface area contributed by atoms with Gasteiger partial charge in [-0.1, -0.05) is 18.2 Å². The molecule has 2 unspecified atom stereocenters. The first-order valence-electron chi connectivity index (χ1n) is 6.56. The van der Waals surface area contributed by atoms with Crippen molar-refractivity contribution in [2.75, 3.05) is 31.3 Å². The van der Waals surface area contributed by atoms with Crippen molar-refractivity contribution < 1.29 is 19.7 Å². The third kappa shape index (κ3) is 4.47. The molecule has 0 aliphatic carbocycles. The van der Waals surface area contributed by atoms with E-state index >= 15 is 0 Å². The Bertz CT molecular complexity index is 319. The molecule has 0 saturated carbocycles. The molecule has 0 radical (unpaired) electrons. The number of aliphatic hydroxyl groups is 2. The van der Waals surface area contributed by atoms with Crippen LogP contribution in [0.5, 0.6) is 0 Å². The van der Waals surface area contributed by atoms with Gasteiger partial charge in [0, 0.05) is 18.9 Å². The van der Waals surface area contributed by atoms with Crippen molar-refractivity contribution in [2.45, 2.75) is 26.3 Å². The van der Waals surface area contributed by atoms with Gasteiger partial charge in [0.2, 0.25) is 0 Å². The van der Waals surface area contributed by atoms with Crippen LogP contribution in [-0.4, -0.2) is 49.1 Å². The highest BCUT2D eigenvalue weighted by molar-refractivity contribution is 5.47. The molecule has 0 aliphatic heterocycles. The van der Waals surface area contributed by atoms with Gasteiger partial charge >= 0.3 is 0 Å². The van der Waals surface area contributed by atoms with Gasteiger partial charge in [0.15, 0.2) is 12.5 Å². The molecule has 2 atom stereocenters. The minimum Gasteiger partial charge on any atom is -0.392 e. The van der Waals surface area contributed by atoms with E-state index in [-0.39, 0.29) is 13.2 Å². The number of nitrogens with zero attached hydrogens (tertiary/aromatic N) is 1. The third-order valence-corrected chi connectivity index (χ3v) is 2.71. The second-order valence-electron chi connectivity index (χ2n) is 3.93. The maximum atomic E-state index is 9.50. The Morgan fingerprint density at radius 3 is 1.79 bits per heavy atom. The molecular formula is C14H23NO4. The number of anilines is 1. The second kappa shape index (κ2) is 8.87. The molecule has 1 rings (SSSR count). The van der Waals surface area contributed by atoms with Crippen LogP contribution >= 0.6 is 0 Å². The number of rotatable bonds is 9. The minimum atomic E-state index is -0.545. The summed E-state index contributed by atoms with van der Waals surface area (Å²) < 4.78 is 11.0. The van der Waals surface area contributed by atoms with Gasteiger partial charge in [-0.25, -0.2) is 0 Å². The summed E-state index contributed by atoms with van der Waals surface area (Å²) in [6, 6.07) is 9.48. The average molecular weight is 269 g/mol. The van der Waals surface area contributed by atoms with E-state index in [4.69, 9.17) is 9.47 Å². The Kier molecular flexibility index (Phi) is 7.43. The summed E-state index contributed by atoms with van der Waals surface area (Å²) in [6.07, 6.45) is -1.09. The molecule has 0 aliphatic rings. The maximum Gasteiger partial charge on any atom is 0.155 e. The van der Waals surface area contributed by atoms with E-state index < -0.39 is 12.5 Å². The van der Waals surface area contributed by atoms with Crippen molar-refractivity contribution in [1.29, 1.82) is 0 Å². The Hall–Kier alpha value is -1.14. The lowest BCUT2D eigenvalue weighted by Crippen LogP contribution is -2.50. The highest BCUT2D eigenvalue weighted by Gasteiger charge is 2.26. The van der Waals surface area contributed by atoms with Crippen molar-refractivity contribution in [2.24, 2.45) is 0 Å². The molecule has 108 valence electrons. The summed E-state index contributed by atoms with van der Waals surface area (Å²) in [5.74, 6) is 0. The standard InChI is InChI=1S/C14H23NO4/c1-3-18-13(10-16)15(14(11-17)19-4-2)12-8-6-5-7-9-12/h5-9,13-14,16-17H,3-4,10-11H2,1-2H3. The molecular weight excluding hydrogens is 246 g/mol. The van der Waals surface area contributed by atoms with Crippen LogP contribution in [0.15, 0.2) is 30.3 Å². The summed E-state index contributed by atoms with van der Waals surface area (Å²) in [7, 11) is 0. The molecule has 0 heterocycles. The third-order valence-electron chi connectivity index (χ3n) is 2.71. The van der Waals surface area contributed by atoms with E-state index in [0.717, 1.165) is 5.69 Å². The van der Waals surface area contributed by atoms with E-state index in [1.165, 1.54) is 0 Å². The van der Waals surface area contributed by atoms with Crippen molar-refractivity contribution in [3.05, 3.63) is 30.3 Å². The van der Waals surface area contributed by atoms with E-state index in [1.807, 2.05) is 44.2 Å². The summed E-state index contributed by atoms with van der Waals surface area (Å²) in [6.45, 7) is 4.32. The molecule has 0 aromatic heterocycles. The summed E-state index contributed by atoms with van der Waals surface area (Å²) in [5, 5.41) is 19.0. The number of benzene rings is 1. The van der Waals surface area contributed by atoms with Crippen molar-refractivity contribution >= 4 is 5.69 Å². The van der Waals surface area contributed by atoms with Crippen molar-refractivity contribution in [3.8, 4) is 0 Å². The normalized spacial score (nSPS) is 14.1. The number of hydrogen-bond donors (Lipinski definition) is 2. The smallest absolute Gasteiger partial charge is 0.155 e. The Balaban J connectivity index is 3.01. The maximum absolute atomic E-state index is 9.50. The van der Waals surface area contributed by atoms with Crippen LogP contribution in [0.3, 0.4) is 0 Å². The van der Waals surface area contributed by atoms with Crippen LogP contribution in [-0.2, 0) is 9.47 Å². The highest BCUT2D eigenvalue weighted by Crippen LogP contribution is 2.21. The molecule has 1 aromatic carbocycles. The molecule has 0 saturated heterocycles. The Morgan fingerprint density at radius 1 is 0.947 bits per heavy atom. The van der Waals surface area contributed by atoms with Gasteiger partial charge in [-0.15, -0.1) is 0 Å². The number of ether oxygens (including phenoxy) is 2. The first-order chi connectivity index (χ1) is 9.28. The van der Waals surface area contributed by atoms with E-state index in [0.29, 0.717) is 13.2 Å². The second-order valence-corrected chi connectivity index (χ2v) is 3.93. The van der Waals surface area contributed by atoms with Gasteiger partial charge in [0.25, 0.3) is 0 Å². The van der Waals surface area contributed by atoms with E-state index in [1.54, 1.807) is 4.90 Å². The molecule has 0 fully saturated rings. The van der Waals surface area contributed by atoms with Gasteiger partial charge in [0.05, 0.1) is 13.2 Å². The van der Waals surface area contributed by atoms with Gasteiger partial charge < -0.3 is 24.6 Å². The fourth-order valence-corrected chi connectivity index (χ4v) is 1.94. The predicted molar refractivity (Wildman–Crippen MR) is 73.9 cm³/mol. The number of para-hydroxylation sites is 1. The van der Waals surface area contributed by atoms with Gasteiger partial charge in [0.1, 0.15) is 0 Å². The molecule has 0 spiro atoms. The molecule has 2 N–H and O–H groups in total. The topological polar surface area (TPSA) is 62.2 Å². The van der Waals surface area contributed by atoms with Gasteiger partial charge in [-0.3, -0.25) is 0 Å². The minimum absolute atomic E-state index is 0.174. The molecule has 0 bridgehead atoms. The fraction of sp³-hybridized carbons (Fsp3) is 0.571. The van der Waals surface area contributed by atoms with Crippen LogP contribution < -0.4 is 4.90 Å². The molecule has 19 heavy (non-hydrogen) atoms. The van der Waals surface area contributed by atoms with Crippen LogP contribution in [0.4, 0.5) is 5.69 Å². The lowest BCUT2D eigenvalue weighted by atomic mass is 10.2. The Labute approximate surface area is 114 Å². The number of aliphatic hydroxyl groups excluding tert-OH is 2. The zero-order valence-corrected chi connectivity index (χ0v) is 11.5. The zero-order chi connectivity index (χ0) is 14.1. The lowest BCUT2D eigenvalue weighted by molar-refractivity contribution is -0.0446. The van der Waals surface area contributed by atoms with E-state index in [9.17, 15) is 10.2 Å². The molecule has 1 aromatic rings. The van der Waals surface area contributed by atoms with Crippen molar-refractivity contribution in [3.63, 3.8) is 0 Å².